The number of rotatable bonds is 13. The third-order valence-electron chi connectivity index (χ3n) is 7.83. The summed E-state index contributed by atoms with van der Waals surface area (Å²) in [5.74, 6) is -2.52. The monoisotopic (exact) mass is 642 g/mol. The van der Waals surface area contributed by atoms with Crippen LogP contribution in [0.1, 0.15) is 70.6 Å². The molecule has 0 spiro atoms. The van der Waals surface area contributed by atoms with E-state index in [0.717, 1.165) is 27.8 Å². The summed E-state index contributed by atoms with van der Waals surface area (Å²) in [6, 6.07) is 24.5. The average Bonchev–Trinajstić information content (AvgIpc) is 3.34. The van der Waals surface area contributed by atoms with Gasteiger partial charge in [-0.15, -0.1) is 0 Å². The van der Waals surface area contributed by atoms with Crippen LogP contribution in [0.5, 0.6) is 0 Å². The van der Waals surface area contributed by atoms with Gasteiger partial charge in [-0.05, 0) is 60.9 Å². The van der Waals surface area contributed by atoms with Crippen LogP contribution in [0.25, 0.3) is 11.1 Å². The number of carbonyl (C=O) groups is 4. The standard InChI is InChI=1S/C38H46N2O7/c1-24(2)20-33(36(43)47-38(4,5)6)46-35(42)25(3)22-39-34(41)32(21-26-14-8-7-9-15-26)40-37(44)45-23-31-29-18-12-10-16-27(29)28-17-11-13-19-30(28)31/h7-19,24-25,31-33H,20-23H2,1-6H3,(H,39,41)(H,40,44)/t25-,32-,33+/m1/s1. The van der Waals surface area contributed by atoms with Gasteiger partial charge in [0.25, 0.3) is 0 Å². The molecule has 0 saturated carbocycles. The molecule has 3 aromatic rings. The Bertz CT molecular complexity index is 1500. The lowest BCUT2D eigenvalue weighted by molar-refractivity contribution is -0.178. The number of esters is 2. The average molecular weight is 643 g/mol. The minimum Gasteiger partial charge on any atom is -0.457 e. The van der Waals surface area contributed by atoms with E-state index in [1.165, 1.54) is 0 Å². The molecule has 1 aliphatic carbocycles. The molecule has 47 heavy (non-hydrogen) atoms. The van der Waals surface area contributed by atoms with Crippen LogP contribution in [0, 0.1) is 11.8 Å². The highest BCUT2D eigenvalue weighted by molar-refractivity contribution is 5.87. The molecule has 0 radical (unpaired) electrons. The number of hydrogen-bond acceptors (Lipinski definition) is 7. The van der Waals surface area contributed by atoms with Crippen LogP contribution in [-0.4, -0.2) is 54.8 Å². The maximum Gasteiger partial charge on any atom is 0.407 e. The SMILES string of the molecule is CC(C)C[C@H](OC(=O)[C@H](C)CNC(=O)[C@@H](Cc1ccccc1)NC(=O)OCC1c2ccccc2-c2ccccc21)C(=O)OC(C)(C)C. The lowest BCUT2D eigenvalue weighted by Gasteiger charge is -2.26. The summed E-state index contributed by atoms with van der Waals surface area (Å²) in [5.41, 5.74) is 4.52. The molecule has 3 atom stereocenters. The summed E-state index contributed by atoms with van der Waals surface area (Å²) in [5, 5.41) is 5.50. The highest BCUT2D eigenvalue weighted by atomic mass is 16.6. The van der Waals surface area contributed by atoms with Gasteiger partial charge < -0.3 is 24.8 Å². The Morgan fingerprint density at radius 2 is 1.36 bits per heavy atom. The van der Waals surface area contributed by atoms with Gasteiger partial charge in [0.15, 0.2) is 6.10 Å². The fraction of sp³-hybridized carbons (Fsp3) is 0.421. The van der Waals surface area contributed by atoms with Crippen molar-refractivity contribution in [3.05, 3.63) is 95.6 Å². The van der Waals surface area contributed by atoms with E-state index in [-0.39, 0.29) is 31.4 Å². The van der Waals surface area contributed by atoms with Crippen molar-refractivity contribution >= 4 is 23.9 Å². The Morgan fingerprint density at radius 1 is 0.787 bits per heavy atom. The second-order valence-corrected chi connectivity index (χ2v) is 13.4. The molecule has 0 saturated heterocycles. The topological polar surface area (TPSA) is 120 Å². The number of nitrogens with one attached hydrogen (secondary N) is 2. The third kappa shape index (κ3) is 9.91. The minimum absolute atomic E-state index is 0.0575. The van der Waals surface area contributed by atoms with E-state index in [2.05, 4.69) is 22.8 Å². The van der Waals surface area contributed by atoms with Crippen LogP contribution in [0.15, 0.2) is 78.9 Å². The van der Waals surface area contributed by atoms with E-state index in [9.17, 15) is 19.2 Å². The first-order valence-electron chi connectivity index (χ1n) is 16.2. The van der Waals surface area contributed by atoms with Crippen LogP contribution in [-0.2, 0) is 35.0 Å². The van der Waals surface area contributed by atoms with Gasteiger partial charge in [0.2, 0.25) is 5.91 Å². The van der Waals surface area contributed by atoms with Crippen LogP contribution < -0.4 is 10.6 Å². The molecule has 0 aliphatic heterocycles. The van der Waals surface area contributed by atoms with Crippen molar-refractivity contribution in [2.24, 2.45) is 11.8 Å². The van der Waals surface area contributed by atoms with Crippen LogP contribution in [0.4, 0.5) is 4.79 Å². The number of carbonyl (C=O) groups excluding carboxylic acids is 4. The lowest BCUT2D eigenvalue weighted by Crippen LogP contribution is -2.49. The summed E-state index contributed by atoms with van der Waals surface area (Å²) in [7, 11) is 0. The Kier molecular flexibility index (Phi) is 11.8. The quantitative estimate of drug-likeness (QED) is 0.169. The Morgan fingerprint density at radius 3 is 1.94 bits per heavy atom. The largest absolute Gasteiger partial charge is 0.457 e. The number of fused-ring (bicyclic) bond motifs is 3. The predicted molar refractivity (Wildman–Crippen MR) is 179 cm³/mol. The van der Waals surface area contributed by atoms with E-state index in [4.69, 9.17) is 14.2 Å². The van der Waals surface area contributed by atoms with E-state index in [1.54, 1.807) is 27.7 Å². The molecule has 1 aliphatic rings. The van der Waals surface area contributed by atoms with Gasteiger partial charge in [-0.2, -0.15) is 0 Å². The van der Waals surface area contributed by atoms with Gasteiger partial charge in [0.1, 0.15) is 18.2 Å². The lowest BCUT2D eigenvalue weighted by atomic mass is 9.98. The Balaban J connectivity index is 1.38. The van der Waals surface area contributed by atoms with Crippen molar-refractivity contribution in [3.8, 4) is 11.1 Å². The molecule has 0 bridgehead atoms. The summed E-state index contributed by atoms with van der Waals surface area (Å²) in [6.07, 6.45) is -1.25. The zero-order valence-electron chi connectivity index (χ0n) is 28.1. The highest BCUT2D eigenvalue weighted by Crippen LogP contribution is 2.44. The summed E-state index contributed by atoms with van der Waals surface area (Å²) in [4.78, 5) is 52.2. The Hall–Kier alpha value is -4.66. The van der Waals surface area contributed by atoms with Gasteiger partial charge >= 0.3 is 18.0 Å². The summed E-state index contributed by atoms with van der Waals surface area (Å²) in [6.45, 7) is 10.8. The normalized spacial score (nSPS) is 14.3. The molecule has 2 N–H and O–H groups in total. The maximum atomic E-state index is 13.4. The van der Waals surface area contributed by atoms with Gasteiger partial charge in [0.05, 0.1) is 5.92 Å². The number of ether oxygens (including phenoxy) is 3. The molecule has 0 aromatic heterocycles. The third-order valence-corrected chi connectivity index (χ3v) is 7.83. The number of benzene rings is 3. The molecule has 3 aromatic carbocycles. The van der Waals surface area contributed by atoms with Crippen LogP contribution >= 0.6 is 0 Å². The number of amides is 2. The van der Waals surface area contributed by atoms with Gasteiger partial charge in [-0.25, -0.2) is 9.59 Å². The van der Waals surface area contributed by atoms with Gasteiger partial charge in [0, 0.05) is 18.9 Å². The van der Waals surface area contributed by atoms with Crippen molar-refractivity contribution < 1.29 is 33.4 Å². The maximum absolute atomic E-state index is 13.4. The minimum atomic E-state index is -1.05. The fourth-order valence-corrected chi connectivity index (χ4v) is 5.55. The van der Waals surface area contributed by atoms with E-state index in [0.29, 0.717) is 6.42 Å². The molecule has 9 heteroatoms. The molecule has 0 unspecified atom stereocenters. The van der Waals surface area contributed by atoms with E-state index >= 15 is 0 Å². The van der Waals surface area contributed by atoms with Crippen molar-refractivity contribution in [1.82, 2.24) is 10.6 Å². The molecule has 2 amide bonds. The molecule has 0 heterocycles. The van der Waals surface area contributed by atoms with Gasteiger partial charge in [-0.1, -0.05) is 99.6 Å². The molecular weight excluding hydrogens is 596 g/mol. The first-order valence-corrected chi connectivity index (χ1v) is 16.2. The molecular formula is C38H46N2O7. The van der Waals surface area contributed by atoms with Crippen molar-refractivity contribution in [1.29, 1.82) is 0 Å². The summed E-state index contributed by atoms with van der Waals surface area (Å²) < 4.78 is 16.7. The number of alkyl carbamates (subject to hydrolysis) is 1. The molecule has 0 fully saturated rings. The first kappa shape index (κ1) is 35.2. The zero-order valence-corrected chi connectivity index (χ0v) is 28.1. The fourth-order valence-electron chi connectivity index (χ4n) is 5.55. The van der Waals surface area contributed by atoms with E-state index < -0.39 is 47.6 Å². The van der Waals surface area contributed by atoms with E-state index in [1.807, 2.05) is 80.6 Å². The molecule has 9 nitrogen and oxygen atoms in total. The van der Waals surface area contributed by atoms with Crippen LogP contribution in [0.2, 0.25) is 0 Å². The van der Waals surface area contributed by atoms with Crippen molar-refractivity contribution in [3.63, 3.8) is 0 Å². The second kappa shape index (κ2) is 15.8. The van der Waals surface area contributed by atoms with Crippen LogP contribution in [0.3, 0.4) is 0 Å². The highest BCUT2D eigenvalue weighted by Gasteiger charge is 2.32. The smallest absolute Gasteiger partial charge is 0.407 e. The molecule has 250 valence electrons. The van der Waals surface area contributed by atoms with Crippen molar-refractivity contribution in [2.75, 3.05) is 13.2 Å². The molecule has 4 rings (SSSR count). The number of hydrogen-bond donors (Lipinski definition) is 2. The second-order valence-electron chi connectivity index (χ2n) is 13.4. The van der Waals surface area contributed by atoms with Crippen molar-refractivity contribution in [2.45, 2.75) is 78.0 Å². The summed E-state index contributed by atoms with van der Waals surface area (Å²) >= 11 is 0. The first-order chi connectivity index (χ1) is 22.3. The predicted octanol–water partition coefficient (Wildman–Crippen LogP) is 6.19. The zero-order chi connectivity index (χ0) is 34.1. The Labute approximate surface area is 277 Å². The van der Waals surface area contributed by atoms with Gasteiger partial charge in [-0.3, -0.25) is 9.59 Å².